The largest absolute Gasteiger partial charge is 0.434 e. The molecular weight excluding hydrogens is 309 g/mol. The SMILES string of the molecule is O=C(Nc1cc(Cl)ccn1)Nc1ccc(Br)o1. The number of anilines is 2. The molecule has 0 unspecified atom stereocenters. The molecule has 2 heterocycles. The van der Waals surface area contributed by atoms with Crippen LogP contribution in [-0.2, 0) is 0 Å². The van der Waals surface area contributed by atoms with Gasteiger partial charge in [-0.1, -0.05) is 11.6 Å². The number of nitrogens with one attached hydrogen (secondary N) is 2. The van der Waals surface area contributed by atoms with Gasteiger partial charge in [-0.15, -0.1) is 0 Å². The molecule has 2 amide bonds. The first-order valence-electron chi connectivity index (χ1n) is 4.58. The van der Waals surface area contributed by atoms with E-state index in [0.717, 1.165) is 0 Å². The van der Waals surface area contributed by atoms with Gasteiger partial charge >= 0.3 is 6.03 Å². The maximum absolute atomic E-state index is 11.5. The molecule has 0 aliphatic carbocycles. The number of rotatable bonds is 2. The summed E-state index contributed by atoms with van der Waals surface area (Å²) in [6, 6.07) is 6.00. The number of hydrogen-bond donors (Lipinski definition) is 2. The zero-order valence-corrected chi connectivity index (χ0v) is 10.7. The van der Waals surface area contributed by atoms with E-state index >= 15 is 0 Å². The lowest BCUT2D eigenvalue weighted by atomic mass is 10.4. The van der Waals surface area contributed by atoms with E-state index in [1.165, 1.54) is 6.20 Å². The molecule has 2 aromatic heterocycles. The van der Waals surface area contributed by atoms with Crippen molar-refractivity contribution in [3.8, 4) is 0 Å². The van der Waals surface area contributed by atoms with Crippen LogP contribution in [0.2, 0.25) is 5.02 Å². The molecule has 0 bridgehead atoms. The van der Waals surface area contributed by atoms with Gasteiger partial charge in [0.15, 0.2) is 4.67 Å². The summed E-state index contributed by atoms with van der Waals surface area (Å²) < 4.78 is 5.65. The van der Waals surface area contributed by atoms with Crippen molar-refractivity contribution in [3.63, 3.8) is 0 Å². The highest BCUT2D eigenvalue weighted by Crippen LogP contribution is 2.18. The van der Waals surface area contributed by atoms with Crippen LogP contribution in [0.4, 0.5) is 16.5 Å². The van der Waals surface area contributed by atoms with Crippen LogP contribution < -0.4 is 10.6 Å². The highest BCUT2D eigenvalue weighted by Gasteiger charge is 2.06. The van der Waals surface area contributed by atoms with Crippen LogP contribution in [0.15, 0.2) is 39.5 Å². The standard InChI is InChI=1S/C10H7BrClN3O2/c11-7-1-2-9(17-7)15-10(16)14-8-5-6(12)3-4-13-8/h1-5H,(H2,13,14,15,16). The number of hydrogen-bond acceptors (Lipinski definition) is 3. The fourth-order valence-corrected chi connectivity index (χ4v) is 1.58. The molecule has 0 spiro atoms. The minimum absolute atomic E-state index is 0.330. The van der Waals surface area contributed by atoms with E-state index in [4.69, 9.17) is 16.0 Å². The molecule has 0 aliphatic rings. The summed E-state index contributed by atoms with van der Waals surface area (Å²) in [6.45, 7) is 0. The molecule has 2 rings (SSSR count). The summed E-state index contributed by atoms with van der Waals surface area (Å²) in [7, 11) is 0. The zero-order valence-electron chi connectivity index (χ0n) is 8.41. The van der Waals surface area contributed by atoms with E-state index in [1.54, 1.807) is 24.3 Å². The first-order chi connectivity index (χ1) is 8.13. The van der Waals surface area contributed by atoms with Gasteiger partial charge in [0.25, 0.3) is 0 Å². The molecule has 0 aromatic carbocycles. The van der Waals surface area contributed by atoms with E-state index in [0.29, 0.717) is 21.4 Å². The van der Waals surface area contributed by atoms with E-state index in [1.807, 2.05) is 0 Å². The number of nitrogens with zero attached hydrogens (tertiary/aromatic N) is 1. The Bertz CT molecular complexity index is 544. The molecule has 17 heavy (non-hydrogen) atoms. The third-order valence-electron chi connectivity index (χ3n) is 1.77. The summed E-state index contributed by atoms with van der Waals surface area (Å²) in [4.78, 5) is 15.5. The van der Waals surface area contributed by atoms with Gasteiger partial charge < -0.3 is 4.42 Å². The van der Waals surface area contributed by atoms with Gasteiger partial charge in [-0.25, -0.2) is 9.78 Å². The number of halogens is 2. The molecule has 0 saturated heterocycles. The fourth-order valence-electron chi connectivity index (χ4n) is 1.11. The molecule has 88 valence electrons. The number of furan rings is 1. The quantitative estimate of drug-likeness (QED) is 0.887. The first kappa shape index (κ1) is 11.9. The zero-order chi connectivity index (χ0) is 12.3. The Morgan fingerprint density at radius 1 is 1.35 bits per heavy atom. The van der Waals surface area contributed by atoms with Crippen LogP contribution in [0.1, 0.15) is 0 Å². The Kier molecular flexibility index (Phi) is 3.65. The number of carbonyl (C=O) groups is 1. The lowest BCUT2D eigenvalue weighted by molar-refractivity contribution is 0.261. The van der Waals surface area contributed by atoms with Crippen LogP contribution in [0.25, 0.3) is 0 Å². The first-order valence-corrected chi connectivity index (χ1v) is 5.75. The van der Waals surface area contributed by atoms with Crippen molar-refractivity contribution in [1.29, 1.82) is 0 Å². The van der Waals surface area contributed by atoms with Crippen LogP contribution in [0.5, 0.6) is 0 Å². The molecular formula is C10H7BrClN3O2. The average molecular weight is 317 g/mol. The van der Waals surface area contributed by atoms with Crippen molar-refractivity contribution in [2.45, 2.75) is 0 Å². The molecule has 5 nitrogen and oxygen atoms in total. The third-order valence-corrected chi connectivity index (χ3v) is 2.43. The normalized spacial score (nSPS) is 10.0. The van der Waals surface area contributed by atoms with E-state index < -0.39 is 6.03 Å². The van der Waals surface area contributed by atoms with E-state index in [2.05, 4.69) is 31.5 Å². The van der Waals surface area contributed by atoms with E-state index in [9.17, 15) is 4.79 Å². The lowest BCUT2D eigenvalue weighted by Gasteiger charge is -2.04. The monoisotopic (exact) mass is 315 g/mol. The van der Waals surface area contributed by atoms with Crippen LogP contribution in [-0.4, -0.2) is 11.0 Å². The van der Waals surface area contributed by atoms with Crippen molar-refractivity contribution < 1.29 is 9.21 Å². The minimum atomic E-state index is -0.457. The topological polar surface area (TPSA) is 67.2 Å². The second kappa shape index (κ2) is 5.20. The Labute approximate surface area is 110 Å². The van der Waals surface area contributed by atoms with Gasteiger partial charge in [0.1, 0.15) is 5.82 Å². The molecule has 0 saturated carbocycles. The molecule has 2 N–H and O–H groups in total. The second-order valence-corrected chi connectivity index (χ2v) is 4.26. The third kappa shape index (κ3) is 3.47. The van der Waals surface area contributed by atoms with Crippen molar-refractivity contribution >= 4 is 45.3 Å². The number of amides is 2. The Morgan fingerprint density at radius 2 is 2.18 bits per heavy atom. The predicted octanol–water partition coefficient (Wildman–Crippen LogP) is 3.73. The van der Waals surface area contributed by atoms with Gasteiger partial charge in [-0.3, -0.25) is 10.6 Å². The minimum Gasteiger partial charge on any atom is -0.434 e. The summed E-state index contributed by atoms with van der Waals surface area (Å²) in [5.41, 5.74) is 0. The molecule has 2 aromatic rings. The van der Waals surface area contributed by atoms with Crippen LogP contribution in [0, 0.1) is 0 Å². The van der Waals surface area contributed by atoms with Gasteiger partial charge in [0.2, 0.25) is 5.88 Å². The van der Waals surface area contributed by atoms with Crippen LogP contribution >= 0.6 is 27.5 Å². The maximum atomic E-state index is 11.5. The number of urea groups is 1. The van der Waals surface area contributed by atoms with Gasteiger partial charge in [0, 0.05) is 17.3 Å². The van der Waals surface area contributed by atoms with Gasteiger partial charge in [0.05, 0.1) is 0 Å². The highest BCUT2D eigenvalue weighted by atomic mass is 79.9. The Hall–Kier alpha value is -1.53. The predicted molar refractivity (Wildman–Crippen MR) is 68.3 cm³/mol. The summed E-state index contributed by atoms with van der Waals surface area (Å²) >= 11 is 8.89. The second-order valence-electron chi connectivity index (χ2n) is 3.04. The molecule has 0 radical (unpaired) electrons. The van der Waals surface area contributed by atoms with Gasteiger partial charge in [-0.2, -0.15) is 0 Å². The molecule has 7 heteroatoms. The number of aromatic nitrogens is 1. The molecule has 0 aliphatic heterocycles. The number of carbonyl (C=O) groups excluding carboxylic acids is 1. The summed E-state index contributed by atoms with van der Waals surface area (Å²) in [5, 5.41) is 5.52. The summed E-state index contributed by atoms with van der Waals surface area (Å²) in [6.07, 6.45) is 1.50. The fraction of sp³-hybridized carbons (Fsp3) is 0. The lowest BCUT2D eigenvalue weighted by Crippen LogP contribution is -2.19. The Balaban J connectivity index is 1.98. The number of pyridine rings is 1. The molecule has 0 atom stereocenters. The van der Waals surface area contributed by atoms with Crippen molar-refractivity contribution in [1.82, 2.24) is 4.98 Å². The van der Waals surface area contributed by atoms with Gasteiger partial charge in [-0.05, 0) is 34.1 Å². The van der Waals surface area contributed by atoms with Crippen molar-refractivity contribution in [2.24, 2.45) is 0 Å². The highest BCUT2D eigenvalue weighted by molar-refractivity contribution is 9.10. The van der Waals surface area contributed by atoms with Crippen molar-refractivity contribution in [3.05, 3.63) is 40.2 Å². The molecule has 0 fully saturated rings. The van der Waals surface area contributed by atoms with E-state index in [-0.39, 0.29) is 0 Å². The summed E-state index contributed by atoms with van der Waals surface area (Å²) in [5.74, 6) is 0.692. The Morgan fingerprint density at radius 3 is 2.82 bits per heavy atom. The van der Waals surface area contributed by atoms with Crippen molar-refractivity contribution in [2.75, 3.05) is 10.6 Å². The smallest absolute Gasteiger partial charge is 0.327 e. The average Bonchev–Trinajstić information content (AvgIpc) is 2.63. The van der Waals surface area contributed by atoms with Crippen LogP contribution in [0.3, 0.4) is 0 Å². The maximum Gasteiger partial charge on any atom is 0.327 e.